The van der Waals surface area contributed by atoms with Gasteiger partial charge in [0.1, 0.15) is 6.04 Å². The molecular weight excluding hydrogens is 493 g/mol. The predicted octanol–water partition coefficient (Wildman–Crippen LogP) is 2.09. The largest absolute Gasteiger partial charge is 0.466 e. The molecule has 1 heterocycles. The van der Waals surface area contributed by atoms with Gasteiger partial charge in [0.25, 0.3) is 5.91 Å². The van der Waals surface area contributed by atoms with Crippen molar-refractivity contribution in [2.75, 3.05) is 19.7 Å². The van der Waals surface area contributed by atoms with E-state index in [1.165, 1.54) is 0 Å². The van der Waals surface area contributed by atoms with Gasteiger partial charge in [-0.2, -0.15) is 0 Å². The van der Waals surface area contributed by atoms with Crippen molar-refractivity contribution in [3.63, 3.8) is 0 Å². The van der Waals surface area contributed by atoms with E-state index in [2.05, 4.69) is 33.2 Å². The number of nitrogens with one attached hydrogen (secondary N) is 2. The summed E-state index contributed by atoms with van der Waals surface area (Å²) in [6.45, 7) is 5.19. The highest BCUT2D eigenvalue weighted by atomic mass is 127. The van der Waals surface area contributed by atoms with E-state index in [-0.39, 0.29) is 23.3 Å². The van der Waals surface area contributed by atoms with Crippen LogP contribution < -0.4 is 10.6 Å². The van der Waals surface area contributed by atoms with E-state index in [1.54, 1.807) is 17.0 Å². The zero-order chi connectivity index (χ0) is 20.7. The second kappa shape index (κ2) is 10.7. The summed E-state index contributed by atoms with van der Waals surface area (Å²) in [7, 11) is 0. The maximum absolute atomic E-state index is 12.5. The molecule has 1 atom stereocenters. The molecule has 0 radical (unpaired) electrons. The minimum Gasteiger partial charge on any atom is -0.466 e. The molecule has 7 nitrogen and oxygen atoms in total. The van der Waals surface area contributed by atoms with Crippen LogP contribution in [0.2, 0.25) is 0 Å². The molecule has 2 amide bonds. The molecule has 1 unspecified atom stereocenters. The van der Waals surface area contributed by atoms with Crippen LogP contribution in [0.25, 0.3) is 0 Å². The molecule has 1 aromatic carbocycles. The summed E-state index contributed by atoms with van der Waals surface area (Å²) in [5.74, 6) is -0.692. The lowest BCUT2D eigenvalue weighted by Crippen LogP contribution is -2.60. The number of esters is 1. The number of rotatable bonds is 6. The van der Waals surface area contributed by atoms with Crippen LogP contribution in [-0.2, 0) is 14.3 Å². The summed E-state index contributed by atoms with van der Waals surface area (Å²) in [6.07, 6.45) is 0.638. The molecule has 152 valence electrons. The highest BCUT2D eigenvalue weighted by Gasteiger charge is 2.34. The zero-order valence-corrected chi connectivity index (χ0v) is 18.8. The fourth-order valence-corrected chi connectivity index (χ4v) is 3.61. The van der Waals surface area contributed by atoms with Crippen molar-refractivity contribution in [1.82, 2.24) is 15.5 Å². The number of hydrogen-bond donors (Lipinski definition) is 2. The van der Waals surface area contributed by atoms with E-state index in [0.29, 0.717) is 31.2 Å². The molecule has 1 saturated heterocycles. The van der Waals surface area contributed by atoms with Crippen LogP contribution in [0.4, 0.5) is 0 Å². The van der Waals surface area contributed by atoms with E-state index in [4.69, 9.17) is 17.0 Å². The number of carbonyl (C=O) groups excluding carboxylic acids is 3. The third kappa shape index (κ3) is 6.40. The van der Waals surface area contributed by atoms with Gasteiger partial charge in [0.15, 0.2) is 5.11 Å². The third-order valence-electron chi connectivity index (χ3n) is 4.25. The van der Waals surface area contributed by atoms with Gasteiger partial charge in [-0.15, -0.1) is 0 Å². The zero-order valence-electron chi connectivity index (χ0n) is 15.9. The van der Waals surface area contributed by atoms with Crippen molar-refractivity contribution in [3.8, 4) is 0 Å². The lowest BCUT2D eigenvalue weighted by Gasteiger charge is -2.36. The Labute approximate surface area is 183 Å². The van der Waals surface area contributed by atoms with Crippen molar-refractivity contribution in [3.05, 3.63) is 33.4 Å². The Hall–Kier alpha value is -1.75. The van der Waals surface area contributed by atoms with Crippen LogP contribution in [-0.4, -0.2) is 53.5 Å². The molecule has 1 aliphatic heterocycles. The SMILES string of the molecule is CC(C)CCOC(=O)CC1C(=O)NCCN1C(=S)NC(=O)c1ccccc1I. The first-order valence-electron chi connectivity index (χ1n) is 9.09. The lowest BCUT2D eigenvalue weighted by atomic mass is 10.1. The smallest absolute Gasteiger partial charge is 0.308 e. The van der Waals surface area contributed by atoms with Crippen LogP contribution in [0, 0.1) is 9.49 Å². The molecule has 0 aromatic heterocycles. The Kier molecular flexibility index (Phi) is 8.61. The van der Waals surface area contributed by atoms with Gasteiger partial charge >= 0.3 is 5.97 Å². The molecule has 1 fully saturated rings. The number of carbonyl (C=O) groups is 3. The van der Waals surface area contributed by atoms with E-state index >= 15 is 0 Å². The minimum absolute atomic E-state index is 0.122. The van der Waals surface area contributed by atoms with Crippen molar-refractivity contribution < 1.29 is 19.1 Å². The number of benzene rings is 1. The number of halogens is 1. The van der Waals surface area contributed by atoms with Gasteiger partial charge in [-0.25, -0.2) is 0 Å². The molecule has 9 heteroatoms. The maximum Gasteiger partial charge on any atom is 0.308 e. The Morgan fingerprint density at radius 3 is 2.79 bits per heavy atom. The second-order valence-electron chi connectivity index (χ2n) is 6.85. The summed E-state index contributed by atoms with van der Waals surface area (Å²) in [5.41, 5.74) is 0.497. The summed E-state index contributed by atoms with van der Waals surface area (Å²) >= 11 is 7.43. The van der Waals surface area contributed by atoms with E-state index in [0.717, 1.165) is 9.99 Å². The average Bonchev–Trinajstić information content (AvgIpc) is 2.63. The van der Waals surface area contributed by atoms with Crippen molar-refractivity contribution in [2.45, 2.75) is 32.7 Å². The van der Waals surface area contributed by atoms with Gasteiger partial charge in [0.2, 0.25) is 5.91 Å². The van der Waals surface area contributed by atoms with Crippen LogP contribution in [0.1, 0.15) is 37.0 Å². The fraction of sp³-hybridized carbons (Fsp3) is 0.474. The quantitative estimate of drug-likeness (QED) is 0.342. The summed E-state index contributed by atoms with van der Waals surface area (Å²) in [4.78, 5) is 38.5. The normalized spacial score (nSPS) is 16.5. The highest BCUT2D eigenvalue weighted by Crippen LogP contribution is 2.14. The lowest BCUT2D eigenvalue weighted by molar-refractivity contribution is -0.147. The predicted molar refractivity (Wildman–Crippen MR) is 118 cm³/mol. The monoisotopic (exact) mass is 517 g/mol. The topological polar surface area (TPSA) is 87.7 Å². The van der Waals surface area contributed by atoms with Gasteiger partial charge in [0.05, 0.1) is 18.6 Å². The number of ether oxygens (including phenoxy) is 1. The van der Waals surface area contributed by atoms with Gasteiger partial charge < -0.3 is 15.0 Å². The molecule has 0 saturated carbocycles. The Morgan fingerprint density at radius 1 is 1.39 bits per heavy atom. The Morgan fingerprint density at radius 2 is 2.11 bits per heavy atom. The van der Waals surface area contributed by atoms with Crippen molar-refractivity contribution >= 4 is 57.7 Å². The van der Waals surface area contributed by atoms with E-state index in [1.807, 2.05) is 26.0 Å². The van der Waals surface area contributed by atoms with E-state index in [9.17, 15) is 14.4 Å². The summed E-state index contributed by atoms with van der Waals surface area (Å²) < 4.78 is 6.01. The fourth-order valence-electron chi connectivity index (χ4n) is 2.67. The van der Waals surface area contributed by atoms with Gasteiger partial charge in [-0.3, -0.25) is 19.7 Å². The molecular formula is C19H24IN3O4S. The van der Waals surface area contributed by atoms with Gasteiger partial charge in [-0.05, 0) is 59.3 Å². The maximum atomic E-state index is 12.5. The molecule has 0 spiro atoms. The first-order valence-corrected chi connectivity index (χ1v) is 10.6. The average molecular weight is 517 g/mol. The molecule has 2 N–H and O–H groups in total. The van der Waals surface area contributed by atoms with Crippen LogP contribution in [0.3, 0.4) is 0 Å². The summed E-state index contributed by atoms with van der Waals surface area (Å²) in [5, 5.41) is 5.52. The third-order valence-corrected chi connectivity index (χ3v) is 5.53. The number of thiocarbonyl (C=S) groups is 1. The standard InChI is InChI=1S/C19H24IN3O4S/c1-12(2)7-10-27-16(24)11-15-18(26)21-8-9-23(15)19(28)22-17(25)13-5-3-4-6-14(13)20/h3-6,12,15H,7-11H2,1-2H3,(H,21,26)(H,22,25,28). The molecule has 1 aromatic rings. The van der Waals surface area contributed by atoms with Crippen molar-refractivity contribution in [1.29, 1.82) is 0 Å². The first kappa shape index (κ1) is 22.5. The van der Waals surface area contributed by atoms with Crippen LogP contribution >= 0.6 is 34.8 Å². The minimum atomic E-state index is -0.803. The second-order valence-corrected chi connectivity index (χ2v) is 8.40. The van der Waals surface area contributed by atoms with Crippen molar-refractivity contribution in [2.24, 2.45) is 5.92 Å². The number of amides is 2. The molecule has 1 aliphatic rings. The van der Waals surface area contributed by atoms with Crippen LogP contribution in [0.5, 0.6) is 0 Å². The van der Waals surface area contributed by atoms with Crippen LogP contribution in [0.15, 0.2) is 24.3 Å². The molecule has 0 aliphatic carbocycles. The van der Waals surface area contributed by atoms with Gasteiger partial charge in [0, 0.05) is 16.7 Å². The van der Waals surface area contributed by atoms with E-state index < -0.39 is 12.0 Å². The number of piperazine rings is 1. The molecule has 28 heavy (non-hydrogen) atoms. The Bertz CT molecular complexity index is 756. The first-order chi connectivity index (χ1) is 13.3. The molecule has 2 rings (SSSR count). The summed E-state index contributed by atoms with van der Waals surface area (Å²) in [6, 6.07) is 6.33. The number of hydrogen-bond acceptors (Lipinski definition) is 5. The molecule has 0 bridgehead atoms. The number of nitrogens with zero attached hydrogens (tertiary/aromatic N) is 1. The highest BCUT2D eigenvalue weighted by molar-refractivity contribution is 14.1. The Balaban J connectivity index is 2.01. The van der Waals surface area contributed by atoms with Gasteiger partial charge in [-0.1, -0.05) is 26.0 Å².